The first kappa shape index (κ1) is 42.8. The van der Waals surface area contributed by atoms with E-state index in [1.165, 1.54) is 18.4 Å². The van der Waals surface area contributed by atoms with Gasteiger partial charge in [-0.3, -0.25) is 19.2 Å². The van der Waals surface area contributed by atoms with Crippen molar-refractivity contribution in [3.05, 3.63) is 41.0 Å². The highest BCUT2D eigenvalue weighted by Gasteiger charge is 2.76. The van der Waals surface area contributed by atoms with E-state index in [4.69, 9.17) is 28.9 Å². The van der Waals surface area contributed by atoms with Crippen molar-refractivity contribution in [2.45, 2.75) is 185 Å². The van der Waals surface area contributed by atoms with Gasteiger partial charge >= 0.3 is 5.97 Å². The highest BCUT2D eigenvalue weighted by Crippen LogP contribution is 2.61. The van der Waals surface area contributed by atoms with Gasteiger partial charge in [0.1, 0.15) is 29.8 Å². The third kappa shape index (κ3) is 8.16. The molecule has 0 radical (unpaired) electrons. The molecule has 3 saturated carbocycles. The molecule has 4 heterocycles. The second-order valence-corrected chi connectivity index (χ2v) is 19.6. The topological polar surface area (TPSA) is 148 Å². The lowest BCUT2D eigenvalue weighted by atomic mass is 9.52. The minimum atomic E-state index is -1.33. The summed E-state index contributed by atoms with van der Waals surface area (Å²) in [6.07, 6.45) is 13.2. The molecular weight excluding hydrogens is 751 g/mol. The maximum atomic E-state index is 14.8. The molecule has 0 spiro atoms. The maximum absolute atomic E-state index is 14.8. The van der Waals surface area contributed by atoms with Crippen LogP contribution in [0.1, 0.15) is 142 Å². The number of unbranched alkanes of at least 4 members (excludes halogenated alkanes) is 4. The average Bonchev–Trinajstić information content (AvgIpc) is 3.49. The van der Waals surface area contributed by atoms with Gasteiger partial charge in [0.25, 0.3) is 0 Å². The number of nitrogens with zero attached hydrogens (tertiary/aromatic N) is 1. The molecule has 0 aromatic heterocycles. The van der Waals surface area contributed by atoms with Crippen molar-refractivity contribution in [3.63, 3.8) is 0 Å². The number of hydroxylamine groups is 2. The molecule has 4 aliphatic heterocycles. The Balaban J connectivity index is 1.10. The molecule has 10 atom stereocenters. The van der Waals surface area contributed by atoms with Crippen LogP contribution < -0.4 is 10.6 Å². The monoisotopic (exact) mass is 820 g/mol. The third-order valence-electron chi connectivity index (χ3n) is 15.2. The van der Waals surface area contributed by atoms with E-state index >= 15 is 0 Å². The van der Waals surface area contributed by atoms with Crippen molar-refractivity contribution in [2.75, 3.05) is 19.7 Å². The fourth-order valence-electron chi connectivity index (χ4n) is 11.8. The first-order chi connectivity index (χ1) is 28.4. The lowest BCUT2D eigenvalue weighted by molar-refractivity contribution is -0.224. The summed E-state index contributed by atoms with van der Waals surface area (Å²) in [6, 6.07) is 7.30. The van der Waals surface area contributed by atoms with Crippen LogP contribution in [0.4, 0.5) is 0 Å². The fourth-order valence-corrected chi connectivity index (χ4v) is 11.8. The van der Waals surface area contributed by atoms with Crippen molar-refractivity contribution in [1.29, 1.82) is 0 Å². The molecular formula is C47H69N3O9. The predicted octanol–water partition coefficient (Wildman–Crippen LogP) is 6.52. The number of rotatable bonds is 17. The zero-order valence-electron chi connectivity index (χ0n) is 36.1. The zero-order valence-corrected chi connectivity index (χ0v) is 36.1. The van der Waals surface area contributed by atoms with Gasteiger partial charge in [-0.2, -0.15) is 5.06 Å². The van der Waals surface area contributed by atoms with Crippen LogP contribution in [-0.4, -0.2) is 95.6 Å². The number of esters is 1. The van der Waals surface area contributed by atoms with Crippen LogP contribution in [0.25, 0.3) is 6.08 Å². The Labute approximate surface area is 350 Å². The lowest BCUT2D eigenvalue weighted by Crippen LogP contribution is -2.69. The van der Waals surface area contributed by atoms with E-state index in [2.05, 4.69) is 69.5 Å². The SMILES string of the molecule is CCCCCC1(CCCCC)O[C@@H]2[C@H](O1)[C@H]1ON(Cc3ccccc3C=C3CCC4O[C@]4(C)CC[C@@H]4[C@@H]3CC4(C)C)[C@@H]3C(=O)O[C@@H]2C[C@]13C(=O)NCCC(=O)NCCO. The second kappa shape index (κ2) is 17.1. The van der Waals surface area contributed by atoms with Crippen LogP contribution in [0.3, 0.4) is 0 Å². The quantitative estimate of drug-likeness (QED) is 0.0902. The summed E-state index contributed by atoms with van der Waals surface area (Å²) in [5, 5.41) is 16.5. The molecule has 8 rings (SSSR count). The van der Waals surface area contributed by atoms with Crippen molar-refractivity contribution < 1.29 is 43.3 Å². The molecule has 326 valence electrons. The predicted molar refractivity (Wildman–Crippen MR) is 221 cm³/mol. The minimum Gasteiger partial charge on any atom is -0.458 e. The molecule has 2 amide bonds. The Morgan fingerprint density at radius 1 is 0.932 bits per heavy atom. The number of amides is 2. The van der Waals surface area contributed by atoms with Crippen LogP contribution in [0.2, 0.25) is 0 Å². The molecule has 12 heteroatoms. The molecule has 1 aromatic carbocycles. The number of carbonyl (C=O) groups is 3. The summed E-state index contributed by atoms with van der Waals surface area (Å²) in [4.78, 5) is 48.6. The van der Waals surface area contributed by atoms with Crippen molar-refractivity contribution in [2.24, 2.45) is 22.7 Å². The summed E-state index contributed by atoms with van der Waals surface area (Å²) in [6.45, 7) is 11.8. The molecule has 59 heavy (non-hydrogen) atoms. The van der Waals surface area contributed by atoms with E-state index < -0.39 is 47.6 Å². The van der Waals surface area contributed by atoms with Gasteiger partial charge in [0.2, 0.25) is 11.8 Å². The zero-order chi connectivity index (χ0) is 41.6. The van der Waals surface area contributed by atoms with E-state index in [0.29, 0.717) is 36.2 Å². The number of hydrogen-bond donors (Lipinski definition) is 3. The summed E-state index contributed by atoms with van der Waals surface area (Å²) in [7, 11) is 0. The van der Waals surface area contributed by atoms with Gasteiger partial charge in [0.05, 0.1) is 24.9 Å². The number of fused-ring (bicyclic) bond motifs is 6. The minimum absolute atomic E-state index is 0.00734. The van der Waals surface area contributed by atoms with E-state index in [1.54, 1.807) is 5.06 Å². The summed E-state index contributed by atoms with van der Waals surface area (Å²) >= 11 is 0. The van der Waals surface area contributed by atoms with Crippen LogP contribution in [0.15, 0.2) is 29.8 Å². The Morgan fingerprint density at radius 3 is 2.41 bits per heavy atom. The van der Waals surface area contributed by atoms with Gasteiger partial charge in [-0.1, -0.05) is 89.3 Å². The number of hydrogen-bond acceptors (Lipinski definition) is 10. The van der Waals surface area contributed by atoms with Gasteiger partial charge in [-0.15, -0.1) is 0 Å². The summed E-state index contributed by atoms with van der Waals surface area (Å²) < 4.78 is 26.5. The normalized spacial score (nSPS) is 36.8. The van der Waals surface area contributed by atoms with Gasteiger partial charge in [-0.05, 0) is 80.2 Å². The van der Waals surface area contributed by atoms with Crippen LogP contribution in [-0.2, 0) is 44.7 Å². The van der Waals surface area contributed by atoms with Crippen LogP contribution in [0.5, 0.6) is 0 Å². The van der Waals surface area contributed by atoms with E-state index in [0.717, 1.165) is 68.9 Å². The largest absolute Gasteiger partial charge is 0.458 e. The first-order valence-electron chi connectivity index (χ1n) is 23.0. The highest BCUT2D eigenvalue weighted by molar-refractivity contribution is 5.94. The Kier molecular flexibility index (Phi) is 12.4. The van der Waals surface area contributed by atoms with Crippen molar-refractivity contribution >= 4 is 23.9 Å². The van der Waals surface area contributed by atoms with E-state index in [1.807, 2.05) is 6.07 Å². The average molecular weight is 820 g/mol. The number of nitrogens with one attached hydrogen (secondary N) is 2. The molecule has 12 nitrogen and oxygen atoms in total. The van der Waals surface area contributed by atoms with Gasteiger partial charge in [0, 0.05) is 38.8 Å². The van der Waals surface area contributed by atoms with Crippen LogP contribution in [0, 0.1) is 22.7 Å². The van der Waals surface area contributed by atoms with Crippen molar-refractivity contribution in [1.82, 2.24) is 15.7 Å². The standard InChI is InChI=1S/C47H69N3O9/c1-6-8-12-20-46(21-13-9-7-2)57-38-35-28-47(43(54)49-23-19-37(52)48-24-25-51)40(42(53)55-35)50(59-41(47)39(38)58-46)29-32-15-11-10-14-30(32)26-31-16-17-36-45(5,56-36)22-18-34-33(31)27-44(34,3)4/h10-11,14-15,26,33-36,38-41,51H,6-9,12-13,16-25,27-29H2,1-5H3,(H,48,52)(H,49,54)/t33-,34-,35-,36?,38+,39+,40-,41-,45-,47-/m1/s1. The second-order valence-electron chi connectivity index (χ2n) is 19.6. The van der Waals surface area contributed by atoms with Gasteiger partial charge in [-0.25, -0.2) is 0 Å². The van der Waals surface area contributed by atoms with Crippen LogP contribution >= 0.6 is 0 Å². The molecule has 4 saturated heterocycles. The smallest absolute Gasteiger partial charge is 0.327 e. The molecule has 3 aliphatic carbocycles. The molecule has 1 unspecified atom stereocenters. The molecule has 7 aliphatic rings. The lowest BCUT2D eigenvalue weighted by Gasteiger charge is -2.53. The number of allylic oxidation sites excluding steroid dienone is 1. The van der Waals surface area contributed by atoms with Crippen molar-refractivity contribution in [3.8, 4) is 0 Å². The Bertz CT molecular complexity index is 1740. The van der Waals surface area contributed by atoms with Gasteiger partial charge in [0.15, 0.2) is 11.8 Å². The Hall–Kier alpha value is -2.87. The molecule has 1 aromatic rings. The van der Waals surface area contributed by atoms with E-state index in [9.17, 15) is 14.4 Å². The number of aliphatic hydroxyl groups excluding tert-OH is 1. The fraction of sp³-hybridized carbons (Fsp3) is 0.766. The highest BCUT2D eigenvalue weighted by atomic mass is 16.8. The molecule has 2 bridgehead atoms. The number of benzene rings is 1. The van der Waals surface area contributed by atoms with Gasteiger partial charge < -0.3 is 34.7 Å². The number of aliphatic hydroxyl groups is 1. The summed E-state index contributed by atoms with van der Waals surface area (Å²) in [5.41, 5.74) is 2.52. The maximum Gasteiger partial charge on any atom is 0.327 e. The van der Waals surface area contributed by atoms with E-state index in [-0.39, 0.29) is 56.5 Å². The summed E-state index contributed by atoms with van der Waals surface area (Å²) in [5.74, 6) is -0.858. The number of epoxide rings is 1. The number of carbonyl (C=O) groups excluding carboxylic acids is 3. The number of ether oxygens (including phenoxy) is 4. The third-order valence-corrected chi connectivity index (χ3v) is 15.2. The first-order valence-corrected chi connectivity index (χ1v) is 23.0. The Morgan fingerprint density at radius 2 is 1.68 bits per heavy atom. The molecule has 7 fully saturated rings. The molecule has 3 N–H and O–H groups in total.